The van der Waals surface area contributed by atoms with Crippen molar-refractivity contribution in [3.05, 3.63) is 65.2 Å². The van der Waals surface area contributed by atoms with E-state index in [1.165, 1.54) is 5.56 Å². The molecule has 0 spiro atoms. The van der Waals surface area contributed by atoms with Gasteiger partial charge in [-0.25, -0.2) is 4.79 Å². The molecule has 19 heavy (non-hydrogen) atoms. The average Bonchev–Trinajstić information content (AvgIpc) is 2.41. The monoisotopic (exact) mass is 256 g/mol. The van der Waals surface area contributed by atoms with E-state index < -0.39 is 5.97 Å². The lowest BCUT2D eigenvalue weighted by Gasteiger charge is -2.15. The highest BCUT2D eigenvalue weighted by molar-refractivity contribution is 5.87. The molecule has 0 saturated heterocycles. The molecular formula is C16H16O3. The largest absolute Gasteiger partial charge is 0.486 e. The summed E-state index contributed by atoms with van der Waals surface area (Å²) in [6.07, 6.45) is -0.120. The van der Waals surface area contributed by atoms with Gasteiger partial charge in [-0.2, -0.15) is 0 Å². The normalized spacial score (nSPS) is 11.9. The SMILES string of the molecule is Cc1ccc(OC(C)c2ccc(C(=O)O)cc2)cc1. The predicted octanol–water partition coefficient (Wildman–Crippen LogP) is 3.83. The molecule has 0 amide bonds. The maximum absolute atomic E-state index is 10.8. The fourth-order valence-corrected chi connectivity index (χ4v) is 1.79. The van der Waals surface area contributed by atoms with Crippen LogP contribution in [0.4, 0.5) is 0 Å². The first-order valence-corrected chi connectivity index (χ1v) is 6.13. The van der Waals surface area contributed by atoms with Crippen LogP contribution in [-0.4, -0.2) is 11.1 Å². The van der Waals surface area contributed by atoms with Crippen LogP contribution in [0.1, 0.15) is 34.5 Å². The molecule has 0 radical (unpaired) electrons. The number of carboxylic acids is 1. The number of carbonyl (C=O) groups is 1. The predicted molar refractivity (Wildman–Crippen MR) is 73.6 cm³/mol. The van der Waals surface area contributed by atoms with Crippen LogP contribution in [0.2, 0.25) is 0 Å². The lowest BCUT2D eigenvalue weighted by Crippen LogP contribution is -2.04. The van der Waals surface area contributed by atoms with E-state index in [2.05, 4.69) is 0 Å². The van der Waals surface area contributed by atoms with Gasteiger partial charge >= 0.3 is 5.97 Å². The number of benzene rings is 2. The van der Waals surface area contributed by atoms with Crippen LogP contribution >= 0.6 is 0 Å². The summed E-state index contributed by atoms with van der Waals surface area (Å²) >= 11 is 0. The lowest BCUT2D eigenvalue weighted by atomic mass is 10.1. The molecule has 0 aromatic heterocycles. The Kier molecular flexibility index (Phi) is 3.85. The lowest BCUT2D eigenvalue weighted by molar-refractivity contribution is 0.0696. The average molecular weight is 256 g/mol. The first kappa shape index (κ1) is 13.1. The first-order chi connectivity index (χ1) is 9.06. The van der Waals surface area contributed by atoms with Gasteiger partial charge in [0.25, 0.3) is 0 Å². The summed E-state index contributed by atoms with van der Waals surface area (Å²) in [4.78, 5) is 10.8. The van der Waals surface area contributed by atoms with Crippen LogP contribution in [-0.2, 0) is 0 Å². The highest BCUT2D eigenvalue weighted by atomic mass is 16.5. The van der Waals surface area contributed by atoms with Crippen LogP contribution in [0.15, 0.2) is 48.5 Å². The zero-order valence-corrected chi connectivity index (χ0v) is 11.0. The second kappa shape index (κ2) is 5.57. The molecule has 1 atom stereocenters. The maximum atomic E-state index is 10.8. The summed E-state index contributed by atoms with van der Waals surface area (Å²) in [6.45, 7) is 3.97. The van der Waals surface area contributed by atoms with Crippen molar-refractivity contribution < 1.29 is 14.6 Å². The molecule has 1 N–H and O–H groups in total. The molecule has 0 aliphatic rings. The molecule has 98 valence electrons. The maximum Gasteiger partial charge on any atom is 0.335 e. The third kappa shape index (κ3) is 3.35. The minimum absolute atomic E-state index is 0.120. The van der Waals surface area contributed by atoms with Crippen LogP contribution in [0, 0.1) is 6.92 Å². The van der Waals surface area contributed by atoms with E-state index in [9.17, 15) is 4.79 Å². The molecule has 0 fully saturated rings. The van der Waals surface area contributed by atoms with Gasteiger partial charge in [0, 0.05) is 0 Å². The molecule has 0 aliphatic carbocycles. The van der Waals surface area contributed by atoms with Gasteiger partial charge in [0.1, 0.15) is 11.9 Å². The van der Waals surface area contributed by atoms with Crippen molar-refractivity contribution in [3.63, 3.8) is 0 Å². The second-order valence-electron chi connectivity index (χ2n) is 4.50. The summed E-state index contributed by atoms with van der Waals surface area (Å²) in [6, 6.07) is 14.6. The van der Waals surface area contributed by atoms with E-state index in [4.69, 9.17) is 9.84 Å². The summed E-state index contributed by atoms with van der Waals surface area (Å²) < 4.78 is 5.81. The fraction of sp³-hybridized carbons (Fsp3) is 0.188. The zero-order chi connectivity index (χ0) is 13.8. The van der Waals surface area contributed by atoms with Crippen molar-refractivity contribution in [2.75, 3.05) is 0 Å². The van der Waals surface area contributed by atoms with Crippen LogP contribution < -0.4 is 4.74 Å². The van der Waals surface area contributed by atoms with Crippen molar-refractivity contribution in [2.45, 2.75) is 20.0 Å². The standard InChI is InChI=1S/C16H16O3/c1-11-3-9-15(10-4-11)19-12(2)13-5-7-14(8-6-13)16(17)18/h3-10,12H,1-2H3,(H,17,18). The number of aryl methyl sites for hydroxylation is 1. The van der Waals surface area contributed by atoms with Gasteiger partial charge in [0.05, 0.1) is 5.56 Å². The first-order valence-electron chi connectivity index (χ1n) is 6.13. The van der Waals surface area contributed by atoms with Crippen molar-refractivity contribution >= 4 is 5.97 Å². The van der Waals surface area contributed by atoms with Gasteiger partial charge in [-0.1, -0.05) is 29.8 Å². The van der Waals surface area contributed by atoms with Gasteiger partial charge in [-0.15, -0.1) is 0 Å². The van der Waals surface area contributed by atoms with Crippen LogP contribution in [0.5, 0.6) is 5.75 Å². The smallest absolute Gasteiger partial charge is 0.335 e. The van der Waals surface area contributed by atoms with E-state index in [1.807, 2.05) is 38.1 Å². The van der Waals surface area contributed by atoms with E-state index >= 15 is 0 Å². The fourth-order valence-electron chi connectivity index (χ4n) is 1.79. The number of ether oxygens (including phenoxy) is 1. The number of hydrogen-bond acceptors (Lipinski definition) is 2. The van der Waals surface area contributed by atoms with Crippen LogP contribution in [0.3, 0.4) is 0 Å². The Morgan fingerprint density at radius 3 is 2.16 bits per heavy atom. The van der Waals surface area contributed by atoms with Crippen molar-refractivity contribution in [2.24, 2.45) is 0 Å². The number of carboxylic acid groups (broad SMARTS) is 1. The summed E-state index contributed by atoms with van der Waals surface area (Å²) in [5, 5.41) is 8.84. The van der Waals surface area contributed by atoms with Gasteiger partial charge in [-0.05, 0) is 43.7 Å². The second-order valence-corrected chi connectivity index (χ2v) is 4.50. The number of aromatic carboxylic acids is 1. The third-order valence-electron chi connectivity index (χ3n) is 2.96. The molecule has 0 aliphatic heterocycles. The molecule has 2 rings (SSSR count). The molecular weight excluding hydrogens is 240 g/mol. The third-order valence-corrected chi connectivity index (χ3v) is 2.96. The Bertz CT molecular complexity index is 556. The van der Waals surface area contributed by atoms with E-state index in [0.29, 0.717) is 0 Å². The molecule has 3 nitrogen and oxygen atoms in total. The molecule has 0 saturated carbocycles. The number of hydrogen-bond donors (Lipinski definition) is 1. The highest BCUT2D eigenvalue weighted by Crippen LogP contribution is 2.22. The molecule has 1 unspecified atom stereocenters. The molecule has 2 aromatic carbocycles. The molecule has 3 heteroatoms. The Balaban J connectivity index is 2.09. The van der Waals surface area contributed by atoms with Crippen molar-refractivity contribution in [3.8, 4) is 5.75 Å². The van der Waals surface area contributed by atoms with E-state index in [1.54, 1.807) is 24.3 Å². The van der Waals surface area contributed by atoms with Gasteiger partial charge < -0.3 is 9.84 Å². The van der Waals surface area contributed by atoms with Gasteiger partial charge in [0.2, 0.25) is 0 Å². The van der Waals surface area contributed by atoms with Gasteiger partial charge in [0.15, 0.2) is 0 Å². The summed E-state index contributed by atoms with van der Waals surface area (Å²) in [5.41, 5.74) is 2.42. The molecule has 0 bridgehead atoms. The van der Waals surface area contributed by atoms with E-state index in [0.717, 1.165) is 11.3 Å². The quantitative estimate of drug-likeness (QED) is 0.904. The van der Waals surface area contributed by atoms with Crippen molar-refractivity contribution in [1.29, 1.82) is 0 Å². The topological polar surface area (TPSA) is 46.5 Å². The Morgan fingerprint density at radius 1 is 1.05 bits per heavy atom. The Labute approximate surface area is 112 Å². The molecule has 0 heterocycles. The minimum Gasteiger partial charge on any atom is -0.486 e. The summed E-state index contributed by atoms with van der Waals surface area (Å²) in [7, 11) is 0. The minimum atomic E-state index is -0.918. The van der Waals surface area contributed by atoms with E-state index in [-0.39, 0.29) is 11.7 Å². The summed E-state index contributed by atoms with van der Waals surface area (Å²) in [5.74, 6) is -0.112. The Morgan fingerprint density at radius 2 is 1.63 bits per heavy atom. The molecule has 2 aromatic rings. The van der Waals surface area contributed by atoms with Gasteiger partial charge in [-0.3, -0.25) is 0 Å². The van der Waals surface area contributed by atoms with Crippen molar-refractivity contribution in [1.82, 2.24) is 0 Å². The number of rotatable bonds is 4. The Hall–Kier alpha value is -2.29. The van der Waals surface area contributed by atoms with Crippen LogP contribution in [0.25, 0.3) is 0 Å². The zero-order valence-electron chi connectivity index (χ0n) is 11.0. The highest BCUT2D eigenvalue weighted by Gasteiger charge is 2.09.